The van der Waals surface area contributed by atoms with Gasteiger partial charge in [0.25, 0.3) is 0 Å². The van der Waals surface area contributed by atoms with Gasteiger partial charge in [0.05, 0.1) is 0 Å². The highest BCUT2D eigenvalue weighted by molar-refractivity contribution is 5.77. The SMILES string of the molecule is CCN=C(N)N(C)CCc1ccccc1. The lowest BCUT2D eigenvalue weighted by atomic mass is 10.1. The van der Waals surface area contributed by atoms with Gasteiger partial charge in [-0.2, -0.15) is 0 Å². The normalized spacial score (nSPS) is 11.5. The van der Waals surface area contributed by atoms with Crippen LogP contribution in [-0.2, 0) is 6.42 Å². The Bertz CT molecular complexity index is 306. The zero-order valence-corrected chi connectivity index (χ0v) is 9.48. The molecule has 0 spiro atoms. The minimum absolute atomic E-state index is 0.619. The van der Waals surface area contributed by atoms with Crippen molar-refractivity contribution in [2.45, 2.75) is 13.3 Å². The fourth-order valence-electron chi connectivity index (χ4n) is 1.34. The van der Waals surface area contributed by atoms with Gasteiger partial charge in [0.2, 0.25) is 0 Å². The van der Waals surface area contributed by atoms with E-state index in [2.05, 4.69) is 29.3 Å². The molecular formula is C12H19N3. The fourth-order valence-corrected chi connectivity index (χ4v) is 1.34. The molecule has 0 atom stereocenters. The van der Waals surface area contributed by atoms with Gasteiger partial charge in [-0.3, -0.25) is 4.99 Å². The van der Waals surface area contributed by atoms with Crippen molar-refractivity contribution in [3.63, 3.8) is 0 Å². The zero-order chi connectivity index (χ0) is 11.1. The number of benzene rings is 1. The van der Waals surface area contributed by atoms with E-state index in [9.17, 15) is 0 Å². The largest absolute Gasteiger partial charge is 0.370 e. The van der Waals surface area contributed by atoms with Gasteiger partial charge >= 0.3 is 0 Å². The minimum Gasteiger partial charge on any atom is -0.370 e. The average Bonchev–Trinajstić information content (AvgIpc) is 2.27. The van der Waals surface area contributed by atoms with E-state index in [0.717, 1.165) is 19.5 Å². The van der Waals surface area contributed by atoms with Crippen LogP contribution >= 0.6 is 0 Å². The first-order valence-electron chi connectivity index (χ1n) is 5.29. The van der Waals surface area contributed by atoms with Crippen LogP contribution in [-0.4, -0.2) is 31.0 Å². The van der Waals surface area contributed by atoms with Crippen molar-refractivity contribution in [1.29, 1.82) is 0 Å². The molecule has 0 saturated heterocycles. The van der Waals surface area contributed by atoms with Crippen LogP contribution in [0, 0.1) is 0 Å². The molecule has 3 nitrogen and oxygen atoms in total. The highest BCUT2D eigenvalue weighted by Crippen LogP contribution is 2.00. The summed E-state index contributed by atoms with van der Waals surface area (Å²) in [7, 11) is 1.97. The van der Waals surface area contributed by atoms with E-state index in [1.54, 1.807) is 0 Å². The summed E-state index contributed by atoms with van der Waals surface area (Å²) in [5.41, 5.74) is 7.10. The molecule has 0 heterocycles. The van der Waals surface area contributed by atoms with E-state index >= 15 is 0 Å². The van der Waals surface area contributed by atoms with E-state index in [4.69, 9.17) is 5.73 Å². The lowest BCUT2D eigenvalue weighted by molar-refractivity contribution is 0.500. The summed E-state index contributed by atoms with van der Waals surface area (Å²) < 4.78 is 0. The number of hydrogen-bond donors (Lipinski definition) is 1. The smallest absolute Gasteiger partial charge is 0.190 e. The van der Waals surface area contributed by atoms with Crippen molar-refractivity contribution in [3.05, 3.63) is 35.9 Å². The summed E-state index contributed by atoms with van der Waals surface area (Å²) in [4.78, 5) is 6.14. The third kappa shape index (κ3) is 4.02. The Morgan fingerprint density at radius 2 is 2.00 bits per heavy atom. The lowest BCUT2D eigenvalue weighted by Gasteiger charge is -2.17. The van der Waals surface area contributed by atoms with Crippen LogP contribution in [0.15, 0.2) is 35.3 Å². The first kappa shape index (κ1) is 11.6. The van der Waals surface area contributed by atoms with Crippen molar-refractivity contribution in [2.75, 3.05) is 20.1 Å². The Morgan fingerprint density at radius 3 is 2.60 bits per heavy atom. The van der Waals surface area contributed by atoms with Crippen LogP contribution < -0.4 is 5.73 Å². The Kier molecular flexibility index (Phi) is 4.68. The van der Waals surface area contributed by atoms with Crippen LogP contribution in [0.2, 0.25) is 0 Å². The van der Waals surface area contributed by atoms with Crippen molar-refractivity contribution in [1.82, 2.24) is 4.90 Å². The molecule has 0 saturated carbocycles. The molecule has 0 bridgehead atoms. The number of aliphatic imine (C=N–C) groups is 1. The molecule has 0 aromatic heterocycles. The molecule has 1 aromatic carbocycles. The molecule has 15 heavy (non-hydrogen) atoms. The monoisotopic (exact) mass is 205 g/mol. The van der Waals surface area contributed by atoms with Crippen molar-refractivity contribution in [2.24, 2.45) is 10.7 Å². The Hall–Kier alpha value is -1.51. The van der Waals surface area contributed by atoms with Gasteiger partial charge in [-0.25, -0.2) is 0 Å². The standard InChI is InChI=1S/C12H19N3/c1-3-14-12(13)15(2)10-9-11-7-5-4-6-8-11/h4-8H,3,9-10H2,1-2H3,(H2,13,14). The molecule has 0 radical (unpaired) electrons. The van der Waals surface area contributed by atoms with Crippen molar-refractivity contribution >= 4 is 5.96 Å². The molecule has 0 amide bonds. The number of nitrogens with two attached hydrogens (primary N) is 1. The van der Waals surface area contributed by atoms with E-state index < -0.39 is 0 Å². The highest BCUT2D eigenvalue weighted by atomic mass is 15.2. The van der Waals surface area contributed by atoms with Gasteiger partial charge in [-0.05, 0) is 18.9 Å². The summed E-state index contributed by atoms with van der Waals surface area (Å²) in [6.45, 7) is 3.62. The average molecular weight is 205 g/mol. The third-order valence-electron chi connectivity index (χ3n) is 2.29. The molecule has 82 valence electrons. The molecule has 0 aliphatic rings. The van der Waals surface area contributed by atoms with Gasteiger partial charge < -0.3 is 10.6 Å². The molecule has 1 rings (SSSR count). The second-order valence-corrected chi connectivity index (χ2v) is 3.49. The first-order valence-corrected chi connectivity index (χ1v) is 5.29. The molecule has 2 N–H and O–H groups in total. The first-order chi connectivity index (χ1) is 7.24. The molecule has 0 aliphatic heterocycles. The van der Waals surface area contributed by atoms with Crippen molar-refractivity contribution in [3.8, 4) is 0 Å². The van der Waals surface area contributed by atoms with Crippen LogP contribution in [0.1, 0.15) is 12.5 Å². The van der Waals surface area contributed by atoms with Crippen LogP contribution in [0.25, 0.3) is 0 Å². The number of rotatable bonds is 4. The predicted octanol–water partition coefficient (Wildman–Crippen LogP) is 1.50. The highest BCUT2D eigenvalue weighted by Gasteiger charge is 2.00. The summed E-state index contributed by atoms with van der Waals surface area (Å²) >= 11 is 0. The van der Waals surface area contributed by atoms with Crippen LogP contribution in [0.5, 0.6) is 0 Å². The third-order valence-corrected chi connectivity index (χ3v) is 2.29. The van der Waals surface area contributed by atoms with E-state index in [-0.39, 0.29) is 0 Å². The molecule has 0 unspecified atom stereocenters. The van der Waals surface area contributed by atoms with Gasteiger partial charge in [-0.15, -0.1) is 0 Å². The van der Waals surface area contributed by atoms with Gasteiger partial charge in [-0.1, -0.05) is 30.3 Å². The van der Waals surface area contributed by atoms with Gasteiger partial charge in [0, 0.05) is 20.1 Å². The summed E-state index contributed by atoms with van der Waals surface area (Å²) in [6, 6.07) is 10.4. The summed E-state index contributed by atoms with van der Waals surface area (Å²) in [6.07, 6.45) is 0.997. The number of hydrogen-bond acceptors (Lipinski definition) is 1. The predicted molar refractivity (Wildman–Crippen MR) is 64.9 cm³/mol. The van der Waals surface area contributed by atoms with E-state index in [1.165, 1.54) is 5.56 Å². The van der Waals surface area contributed by atoms with Gasteiger partial charge in [0.1, 0.15) is 0 Å². The van der Waals surface area contributed by atoms with E-state index in [1.807, 2.05) is 24.9 Å². The number of guanidine groups is 1. The van der Waals surface area contributed by atoms with Crippen LogP contribution in [0.4, 0.5) is 0 Å². The van der Waals surface area contributed by atoms with E-state index in [0.29, 0.717) is 5.96 Å². The maximum absolute atomic E-state index is 5.77. The lowest BCUT2D eigenvalue weighted by Crippen LogP contribution is -2.35. The fraction of sp³-hybridized carbons (Fsp3) is 0.417. The number of nitrogens with zero attached hydrogens (tertiary/aromatic N) is 2. The Balaban J connectivity index is 2.41. The molecule has 0 fully saturated rings. The summed E-state index contributed by atoms with van der Waals surface area (Å²) in [5.74, 6) is 0.619. The maximum Gasteiger partial charge on any atom is 0.190 e. The zero-order valence-electron chi connectivity index (χ0n) is 9.48. The molecule has 1 aromatic rings. The second-order valence-electron chi connectivity index (χ2n) is 3.49. The number of likely N-dealkylation sites (N-methyl/N-ethyl adjacent to an activating group) is 1. The van der Waals surface area contributed by atoms with Gasteiger partial charge in [0.15, 0.2) is 5.96 Å². The quantitative estimate of drug-likeness (QED) is 0.598. The summed E-state index contributed by atoms with van der Waals surface area (Å²) in [5, 5.41) is 0. The molecule has 3 heteroatoms. The Morgan fingerprint density at radius 1 is 1.33 bits per heavy atom. The van der Waals surface area contributed by atoms with Crippen molar-refractivity contribution < 1.29 is 0 Å². The molecular weight excluding hydrogens is 186 g/mol. The minimum atomic E-state index is 0.619. The second kappa shape index (κ2) is 6.06. The topological polar surface area (TPSA) is 41.6 Å². The Labute approximate surface area is 91.6 Å². The maximum atomic E-state index is 5.77. The van der Waals surface area contributed by atoms with Crippen LogP contribution in [0.3, 0.4) is 0 Å². The molecule has 0 aliphatic carbocycles.